The highest BCUT2D eigenvalue weighted by Gasteiger charge is 2.33. The quantitative estimate of drug-likeness (QED) is 0.297. The van der Waals surface area contributed by atoms with Gasteiger partial charge in [0.1, 0.15) is 11.9 Å². The van der Waals surface area contributed by atoms with Gasteiger partial charge in [0.15, 0.2) is 11.5 Å². The van der Waals surface area contributed by atoms with Gasteiger partial charge in [0.25, 0.3) is 0 Å². The van der Waals surface area contributed by atoms with Crippen molar-refractivity contribution in [3.63, 3.8) is 0 Å². The zero-order valence-electron chi connectivity index (χ0n) is 21.7. The summed E-state index contributed by atoms with van der Waals surface area (Å²) in [4.78, 5) is 28.6. The molecule has 0 aliphatic heterocycles. The fourth-order valence-electron chi connectivity index (χ4n) is 4.65. The highest BCUT2D eigenvalue weighted by Crippen LogP contribution is 2.34. The number of rotatable bonds is 11. The van der Waals surface area contributed by atoms with Crippen LogP contribution in [0.3, 0.4) is 0 Å². The van der Waals surface area contributed by atoms with E-state index in [1.807, 2.05) is 50.2 Å². The molecule has 0 spiro atoms. The molecule has 2 aromatic carbocycles. The molecule has 1 saturated carbocycles. The minimum Gasteiger partial charge on any atom is -0.493 e. The van der Waals surface area contributed by atoms with Crippen LogP contribution in [-0.4, -0.2) is 42.4 Å². The fraction of sp³-hybridized carbons (Fsp3) is 0.517. The molecule has 7 heteroatoms. The molecule has 6 nitrogen and oxygen atoms in total. The number of nitrogens with zero attached hydrogens (tertiary/aromatic N) is 1. The number of carbonyl (C=O) groups excluding carboxylic acids is 2. The van der Waals surface area contributed by atoms with Gasteiger partial charge in [0.05, 0.1) is 13.7 Å². The zero-order chi connectivity index (χ0) is 25.9. The summed E-state index contributed by atoms with van der Waals surface area (Å²) in [5.74, 6) is 0.426. The van der Waals surface area contributed by atoms with Crippen LogP contribution in [-0.2, 0) is 16.1 Å². The van der Waals surface area contributed by atoms with Gasteiger partial charge in [-0.2, -0.15) is 0 Å². The van der Waals surface area contributed by atoms with E-state index in [1.54, 1.807) is 18.1 Å². The van der Waals surface area contributed by atoms with Gasteiger partial charge in [-0.05, 0) is 49.4 Å². The van der Waals surface area contributed by atoms with E-state index in [9.17, 15) is 9.59 Å². The normalized spacial score (nSPS) is 15.0. The predicted molar refractivity (Wildman–Crippen MR) is 144 cm³/mol. The molecule has 2 amide bonds. The van der Waals surface area contributed by atoms with Crippen LogP contribution >= 0.6 is 11.6 Å². The number of hydrogen-bond donors (Lipinski definition) is 1. The number of amides is 2. The Kier molecular flexibility index (Phi) is 10.9. The third-order valence-corrected chi connectivity index (χ3v) is 6.86. The lowest BCUT2D eigenvalue weighted by Crippen LogP contribution is -2.46. The Morgan fingerprint density at radius 2 is 1.75 bits per heavy atom. The summed E-state index contributed by atoms with van der Waals surface area (Å²) in [5, 5.41) is 3.25. The molecule has 1 N–H and O–H groups in total. The van der Waals surface area contributed by atoms with Crippen molar-refractivity contribution in [3.05, 3.63) is 59.2 Å². The standard InChI is InChI=1S/C29H39ClN2O4/c1-4-17-36-25-16-15-23(18-26(25)35-3)28(29(34)31-24-9-7-5-6-8-10-24)32(27(33)19-30)20-22-13-11-21(2)12-14-22/h11-16,18,24,28H,4-10,17,19-20H2,1-3H3,(H,31,34)/t28-/m0/s1. The molecule has 0 bridgehead atoms. The van der Waals surface area contributed by atoms with Crippen LogP contribution in [0.15, 0.2) is 42.5 Å². The van der Waals surface area contributed by atoms with E-state index in [-0.39, 0.29) is 30.3 Å². The van der Waals surface area contributed by atoms with E-state index in [1.165, 1.54) is 12.8 Å². The van der Waals surface area contributed by atoms with Crippen molar-refractivity contribution >= 4 is 23.4 Å². The summed E-state index contributed by atoms with van der Waals surface area (Å²) in [5.41, 5.74) is 2.72. The van der Waals surface area contributed by atoms with Crippen LogP contribution in [0.4, 0.5) is 0 Å². The van der Waals surface area contributed by atoms with Gasteiger partial charge < -0.3 is 19.7 Å². The molecule has 1 aliphatic carbocycles. The Labute approximate surface area is 220 Å². The summed E-state index contributed by atoms with van der Waals surface area (Å²) >= 11 is 6.06. The van der Waals surface area contributed by atoms with Crippen LogP contribution in [0.25, 0.3) is 0 Å². The minimum absolute atomic E-state index is 0.101. The third-order valence-electron chi connectivity index (χ3n) is 6.63. The van der Waals surface area contributed by atoms with Gasteiger partial charge in [-0.3, -0.25) is 9.59 Å². The highest BCUT2D eigenvalue weighted by atomic mass is 35.5. The average molecular weight is 515 g/mol. The van der Waals surface area contributed by atoms with Crippen molar-refractivity contribution in [1.82, 2.24) is 10.2 Å². The summed E-state index contributed by atoms with van der Waals surface area (Å²) in [6.45, 7) is 4.88. The number of hydrogen-bond acceptors (Lipinski definition) is 4. The van der Waals surface area contributed by atoms with Crippen molar-refractivity contribution in [2.45, 2.75) is 77.4 Å². The lowest BCUT2D eigenvalue weighted by molar-refractivity contribution is -0.140. The Balaban J connectivity index is 1.99. The highest BCUT2D eigenvalue weighted by molar-refractivity contribution is 6.27. The number of halogens is 1. The molecule has 0 unspecified atom stereocenters. The topological polar surface area (TPSA) is 67.9 Å². The number of alkyl halides is 1. The Morgan fingerprint density at radius 1 is 1.06 bits per heavy atom. The predicted octanol–water partition coefficient (Wildman–Crippen LogP) is 5.94. The summed E-state index contributed by atoms with van der Waals surface area (Å²) < 4.78 is 11.4. The smallest absolute Gasteiger partial charge is 0.247 e. The minimum atomic E-state index is -0.852. The van der Waals surface area contributed by atoms with Crippen LogP contribution in [0.5, 0.6) is 11.5 Å². The molecule has 0 aromatic heterocycles. The maximum atomic E-state index is 13.9. The fourth-order valence-corrected chi connectivity index (χ4v) is 4.81. The average Bonchev–Trinajstić information content (AvgIpc) is 3.16. The summed E-state index contributed by atoms with van der Waals surface area (Å²) in [6.07, 6.45) is 7.35. The molecule has 0 radical (unpaired) electrons. The lowest BCUT2D eigenvalue weighted by Gasteiger charge is -2.32. The largest absolute Gasteiger partial charge is 0.493 e. The molecular weight excluding hydrogens is 476 g/mol. The van der Waals surface area contributed by atoms with Gasteiger partial charge in [0.2, 0.25) is 11.8 Å². The van der Waals surface area contributed by atoms with Crippen LogP contribution < -0.4 is 14.8 Å². The monoisotopic (exact) mass is 514 g/mol. The Morgan fingerprint density at radius 3 is 2.36 bits per heavy atom. The van der Waals surface area contributed by atoms with Crippen molar-refractivity contribution in [2.75, 3.05) is 19.6 Å². The van der Waals surface area contributed by atoms with Gasteiger partial charge in [-0.1, -0.05) is 68.5 Å². The molecule has 0 heterocycles. The van der Waals surface area contributed by atoms with E-state index in [0.29, 0.717) is 23.7 Å². The number of nitrogens with one attached hydrogen (secondary N) is 1. The Bertz CT molecular complexity index is 987. The first-order valence-electron chi connectivity index (χ1n) is 13.0. The van der Waals surface area contributed by atoms with Crippen LogP contribution in [0.2, 0.25) is 0 Å². The second kappa shape index (κ2) is 14.1. The zero-order valence-corrected chi connectivity index (χ0v) is 22.5. The lowest BCUT2D eigenvalue weighted by atomic mass is 10.0. The van der Waals surface area contributed by atoms with E-state index < -0.39 is 6.04 Å². The third kappa shape index (κ3) is 7.63. The van der Waals surface area contributed by atoms with Crippen molar-refractivity contribution in [1.29, 1.82) is 0 Å². The maximum absolute atomic E-state index is 13.9. The first-order chi connectivity index (χ1) is 17.5. The van der Waals surface area contributed by atoms with Gasteiger partial charge in [-0.15, -0.1) is 11.6 Å². The molecule has 196 valence electrons. The van der Waals surface area contributed by atoms with Gasteiger partial charge in [-0.25, -0.2) is 0 Å². The molecule has 3 rings (SSSR count). The van der Waals surface area contributed by atoms with E-state index in [0.717, 1.165) is 43.2 Å². The molecule has 1 atom stereocenters. The first-order valence-corrected chi connectivity index (χ1v) is 13.5. The molecule has 1 fully saturated rings. The molecule has 1 aliphatic rings. The molecule has 0 saturated heterocycles. The first kappa shape index (κ1) is 27.9. The summed E-state index contributed by atoms with van der Waals surface area (Å²) in [7, 11) is 1.58. The number of benzene rings is 2. The number of carbonyl (C=O) groups is 2. The second-order valence-electron chi connectivity index (χ2n) is 9.50. The van der Waals surface area contributed by atoms with E-state index >= 15 is 0 Å². The van der Waals surface area contributed by atoms with Crippen LogP contribution in [0.1, 0.15) is 74.6 Å². The second-order valence-corrected chi connectivity index (χ2v) is 9.77. The van der Waals surface area contributed by atoms with Crippen molar-refractivity contribution < 1.29 is 19.1 Å². The van der Waals surface area contributed by atoms with Gasteiger partial charge in [0, 0.05) is 12.6 Å². The van der Waals surface area contributed by atoms with Crippen molar-refractivity contribution in [3.8, 4) is 11.5 Å². The number of ether oxygens (including phenoxy) is 2. The molecular formula is C29H39ClN2O4. The van der Waals surface area contributed by atoms with E-state index in [4.69, 9.17) is 21.1 Å². The number of aryl methyl sites for hydroxylation is 1. The maximum Gasteiger partial charge on any atom is 0.247 e. The molecule has 2 aromatic rings. The van der Waals surface area contributed by atoms with E-state index in [2.05, 4.69) is 5.32 Å². The van der Waals surface area contributed by atoms with Crippen molar-refractivity contribution in [2.24, 2.45) is 0 Å². The SMILES string of the molecule is CCCOc1ccc([C@@H](C(=O)NC2CCCCCC2)N(Cc2ccc(C)cc2)C(=O)CCl)cc1OC. The summed E-state index contributed by atoms with van der Waals surface area (Å²) in [6, 6.07) is 12.7. The Hall–Kier alpha value is -2.73. The van der Waals surface area contributed by atoms with Crippen LogP contribution in [0, 0.1) is 6.92 Å². The van der Waals surface area contributed by atoms with Gasteiger partial charge >= 0.3 is 0 Å². The molecule has 36 heavy (non-hydrogen) atoms. The number of methoxy groups -OCH3 is 1.